The van der Waals surface area contributed by atoms with Crippen molar-refractivity contribution >= 4 is 18.8 Å². The second-order valence-electron chi connectivity index (χ2n) is 9.37. The molecule has 0 aliphatic carbocycles. The van der Waals surface area contributed by atoms with Crippen LogP contribution in [0.15, 0.2) is 12.5 Å². The molecule has 27 heavy (non-hydrogen) atoms. The molecule has 2 aliphatic heterocycles. The van der Waals surface area contributed by atoms with Crippen LogP contribution in [0.2, 0.25) is 0 Å². The van der Waals surface area contributed by atoms with Crippen molar-refractivity contribution in [3.8, 4) is 0 Å². The summed E-state index contributed by atoms with van der Waals surface area (Å²) in [6.07, 6.45) is 1.11. The van der Waals surface area contributed by atoms with Crippen molar-refractivity contribution in [1.82, 2.24) is 14.5 Å². The van der Waals surface area contributed by atoms with Crippen molar-refractivity contribution in [3.05, 3.63) is 12.5 Å². The minimum Gasteiger partial charge on any atom is -0.444 e. The van der Waals surface area contributed by atoms with E-state index in [0.717, 1.165) is 0 Å². The monoisotopic (exact) mass is 379 g/mol. The molecule has 0 radical (unpaired) electrons. The Morgan fingerprint density at radius 1 is 1.26 bits per heavy atom. The molecule has 1 aromatic rings. The Balaban J connectivity index is 1.72. The zero-order chi connectivity index (χ0) is 21.8. The number of hydrogen-bond acceptors (Lipinski definition) is 5. The zero-order valence-corrected chi connectivity index (χ0v) is 17.5. The number of ether oxygens (including phenoxy) is 1. The van der Waals surface area contributed by atoms with Crippen LogP contribution in [0.1, 0.15) is 70.1 Å². The average molecular weight is 379 g/mol. The molecule has 0 N–H and O–H groups in total. The molecule has 7 nitrogen and oxygen atoms in total. The average Bonchev–Trinajstić information content (AvgIpc) is 2.98. The zero-order valence-electron chi connectivity index (χ0n) is 19.5. The van der Waals surface area contributed by atoms with E-state index in [1.165, 1.54) is 0 Å². The van der Waals surface area contributed by atoms with Crippen LogP contribution in [-0.2, 0) is 14.0 Å². The van der Waals surface area contributed by atoms with Gasteiger partial charge in [0.05, 0.1) is 24.5 Å². The molecule has 2 fully saturated rings. The quantitative estimate of drug-likeness (QED) is 0.740. The van der Waals surface area contributed by atoms with Crippen LogP contribution < -0.4 is 5.59 Å². The van der Waals surface area contributed by atoms with Gasteiger partial charge in [0.15, 0.2) is 0 Å². The molecule has 2 saturated heterocycles. The van der Waals surface area contributed by atoms with E-state index in [1.54, 1.807) is 9.47 Å². The third-order valence-electron chi connectivity index (χ3n) is 5.47. The standard InChI is InChI=1S/C19H32BN3O4/c1-17(2,3)25-16(24)22-10-8-14(9-11-22)23-12-15(21-13-23)20-26-18(4,5)19(6,7)27-20/h12-14H,8-11H2,1-7H3/i12D,13D. The first-order valence-electron chi connectivity index (χ1n) is 10.6. The van der Waals surface area contributed by atoms with Gasteiger partial charge in [0.2, 0.25) is 0 Å². The molecule has 8 heteroatoms. The van der Waals surface area contributed by atoms with Crippen molar-refractivity contribution in [2.75, 3.05) is 13.1 Å². The lowest BCUT2D eigenvalue weighted by Crippen LogP contribution is -2.42. The molecule has 3 rings (SSSR count). The molecule has 0 unspecified atom stereocenters. The van der Waals surface area contributed by atoms with Gasteiger partial charge in [-0.2, -0.15) is 0 Å². The maximum absolute atomic E-state index is 12.3. The molecule has 2 aliphatic rings. The Hall–Kier alpha value is -1.54. The summed E-state index contributed by atoms with van der Waals surface area (Å²) in [5, 5.41) is 0. The van der Waals surface area contributed by atoms with Crippen molar-refractivity contribution in [2.24, 2.45) is 0 Å². The summed E-state index contributed by atoms with van der Waals surface area (Å²) in [5.41, 5.74) is -1.26. The number of likely N-dealkylation sites (tertiary alicyclic amines) is 1. The van der Waals surface area contributed by atoms with Crippen molar-refractivity contribution in [3.63, 3.8) is 0 Å². The molecule has 0 aromatic carbocycles. The van der Waals surface area contributed by atoms with E-state index in [4.69, 9.17) is 16.8 Å². The lowest BCUT2D eigenvalue weighted by atomic mass is 9.86. The number of rotatable bonds is 2. The van der Waals surface area contributed by atoms with E-state index in [-0.39, 0.29) is 24.6 Å². The van der Waals surface area contributed by atoms with Crippen LogP contribution in [0.25, 0.3) is 0 Å². The van der Waals surface area contributed by atoms with Crippen LogP contribution in [0.4, 0.5) is 4.79 Å². The summed E-state index contributed by atoms with van der Waals surface area (Å²) in [4.78, 5) is 18.2. The first-order chi connectivity index (χ1) is 13.2. The molecule has 0 spiro atoms. The number of amides is 1. The molecular weight excluding hydrogens is 345 g/mol. The number of nitrogens with zero attached hydrogens (tertiary/aromatic N) is 3. The number of piperidine rings is 1. The fourth-order valence-corrected chi connectivity index (χ4v) is 3.15. The molecule has 0 saturated carbocycles. The lowest BCUT2D eigenvalue weighted by molar-refractivity contribution is 0.00578. The first-order valence-corrected chi connectivity index (χ1v) is 9.61. The SMILES string of the molecule is [2H]c1nc(B2OC(C)(C)C(C)(C)O2)c([2H])n1C1CCN(C(=O)OC(C)(C)C)CC1. The Morgan fingerprint density at radius 2 is 1.81 bits per heavy atom. The fraction of sp³-hybridized carbons (Fsp3) is 0.789. The molecule has 1 aromatic heterocycles. The predicted molar refractivity (Wildman–Crippen MR) is 104 cm³/mol. The van der Waals surface area contributed by atoms with E-state index in [1.807, 2.05) is 48.5 Å². The number of carbonyl (C=O) groups is 1. The van der Waals surface area contributed by atoms with E-state index in [2.05, 4.69) is 4.98 Å². The van der Waals surface area contributed by atoms with E-state index < -0.39 is 23.9 Å². The summed E-state index contributed by atoms with van der Waals surface area (Å²) in [6, 6.07) is -0.0719. The van der Waals surface area contributed by atoms with Crippen LogP contribution in [0.5, 0.6) is 0 Å². The predicted octanol–water partition coefficient (Wildman–Crippen LogP) is 2.75. The van der Waals surface area contributed by atoms with Crippen molar-refractivity contribution < 1.29 is 21.6 Å². The van der Waals surface area contributed by atoms with E-state index in [0.29, 0.717) is 31.5 Å². The summed E-state index contributed by atoms with van der Waals surface area (Å²) in [6.45, 7) is 14.4. The molecular formula is C19H32BN3O4. The highest BCUT2D eigenvalue weighted by molar-refractivity contribution is 6.61. The number of aromatic nitrogens is 2. The smallest absolute Gasteiger partial charge is 0.444 e. The highest BCUT2D eigenvalue weighted by Crippen LogP contribution is 2.36. The Bertz CT molecular complexity index is 767. The normalized spacial score (nSPS) is 24.0. The maximum atomic E-state index is 12.3. The molecule has 3 heterocycles. The summed E-state index contributed by atoms with van der Waals surface area (Å²) in [5.74, 6) is 0. The van der Waals surface area contributed by atoms with Gasteiger partial charge in [-0.15, -0.1) is 0 Å². The van der Waals surface area contributed by atoms with Gasteiger partial charge >= 0.3 is 13.2 Å². The van der Waals surface area contributed by atoms with Crippen LogP contribution >= 0.6 is 0 Å². The van der Waals surface area contributed by atoms with Crippen molar-refractivity contribution in [2.45, 2.75) is 84.2 Å². The van der Waals surface area contributed by atoms with Gasteiger partial charge in [-0.25, -0.2) is 9.78 Å². The van der Waals surface area contributed by atoms with Gasteiger partial charge in [0.1, 0.15) is 6.97 Å². The Kier molecular flexibility index (Phi) is 4.43. The Labute approximate surface area is 165 Å². The van der Waals surface area contributed by atoms with E-state index in [9.17, 15) is 4.79 Å². The fourth-order valence-electron chi connectivity index (χ4n) is 3.15. The van der Waals surface area contributed by atoms with Gasteiger partial charge in [-0.1, -0.05) is 0 Å². The number of carbonyl (C=O) groups excluding carboxylic acids is 1. The number of imidazole rings is 1. The largest absolute Gasteiger partial charge is 0.516 e. The van der Waals surface area contributed by atoms with Gasteiger partial charge in [0, 0.05) is 25.3 Å². The van der Waals surface area contributed by atoms with Gasteiger partial charge in [-0.3, -0.25) is 0 Å². The maximum Gasteiger partial charge on any atom is 0.516 e. The summed E-state index contributed by atoms with van der Waals surface area (Å²) in [7, 11) is -0.764. The van der Waals surface area contributed by atoms with E-state index >= 15 is 0 Å². The van der Waals surface area contributed by atoms with Crippen molar-refractivity contribution in [1.29, 1.82) is 0 Å². The highest BCUT2D eigenvalue weighted by atomic mass is 16.7. The van der Waals surface area contributed by atoms with Crippen LogP contribution in [-0.4, -0.2) is 57.6 Å². The summed E-state index contributed by atoms with van der Waals surface area (Å²) >= 11 is 0. The van der Waals surface area contributed by atoms with Gasteiger partial charge < -0.3 is 23.5 Å². The lowest BCUT2D eigenvalue weighted by Gasteiger charge is -2.33. The second kappa shape index (κ2) is 6.81. The third-order valence-corrected chi connectivity index (χ3v) is 5.47. The van der Waals surface area contributed by atoms with Gasteiger partial charge in [0.25, 0.3) is 0 Å². The van der Waals surface area contributed by atoms with Gasteiger partial charge in [-0.05, 0) is 61.3 Å². The molecule has 1 amide bonds. The number of hydrogen-bond donors (Lipinski definition) is 0. The minimum absolute atomic E-state index is 0.0235. The topological polar surface area (TPSA) is 65.8 Å². The molecule has 150 valence electrons. The molecule has 0 atom stereocenters. The molecule has 0 bridgehead atoms. The third kappa shape index (κ3) is 4.32. The highest BCUT2D eigenvalue weighted by Gasteiger charge is 2.52. The summed E-state index contributed by atoms with van der Waals surface area (Å²) < 4.78 is 36.0. The van der Waals surface area contributed by atoms with Crippen LogP contribution in [0, 0.1) is 0 Å². The Morgan fingerprint density at radius 3 is 2.33 bits per heavy atom. The first kappa shape index (κ1) is 17.6. The second-order valence-corrected chi connectivity index (χ2v) is 9.37. The minimum atomic E-state index is -0.764. The van der Waals surface area contributed by atoms with Crippen LogP contribution in [0.3, 0.4) is 0 Å².